The number of esters is 1. The predicted molar refractivity (Wildman–Crippen MR) is 93.3 cm³/mol. The molecule has 0 bridgehead atoms. The lowest BCUT2D eigenvalue weighted by Crippen LogP contribution is -2.56. The van der Waals surface area contributed by atoms with Crippen LogP contribution in [0.1, 0.15) is 32.3 Å². The molecule has 2 aliphatic rings. The number of ether oxygens (including phenoxy) is 3. The lowest BCUT2D eigenvalue weighted by molar-refractivity contribution is -0.177. The Balaban J connectivity index is 1.91. The molecule has 3 rings (SSSR count). The first-order valence-corrected chi connectivity index (χ1v) is 10.0. The average molecular weight is 400 g/mol. The van der Waals surface area contributed by atoms with E-state index in [1.165, 1.54) is 12.1 Å². The minimum Gasteiger partial charge on any atom is -0.467 e. The summed E-state index contributed by atoms with van der Waals surface area (Å²) in [6.07, 6.45) is -2.93. The number of benzene rings is 1. The maximum absolute atomic E-state index is 12.7. The van der Waals surface area contributed by atoms with Crippen LogP contribution in [0.2, 0.25) is 0 Å². The Morgan fingerprint density at radius 1 is 1.19 bits per heavy atom. The maximum Gasteiger partial charge on any atom is 0.338 e. The normalized spacial score (nSPS) is 32.7. The zero-order chi connectivity index (χ0) is 20.0. The van der Waals surface area contributed by atoms with Crippen molar-refractivity contribution in [3.05, 3.63) is 29.8 Å². The molecule has 0 aromatic heterocycles. The zero-order valence-electron chi connectivity index (χ0n) is 15.7. The molecule has 8 nitrogen and oxygen atoms in total. The second kappa shape index (κ2) is 6.82. The number of carbonyl (C=O) groups excluding carboxylic acids is 1. The number of methoxy groups -OCH3 is 1. The summed E-state index contributed by atoms with van der Waals surface area (Å²) in [6.45, 7) is 5.19. The van der Waals surface area contributed by atoms with Gasteiger partial charge in [-0.2, -0.15) is 8.42 Å². The van der Waals surface area contributed by atoms with Crippen LogP contribution in [0.15, 0.2) is 29.2 Å². The van der Waals surface area contributed by atoms with Crippen LogP contribution in [0.4, 0.5) is 0 Å². The van der Waals surface area contributed by atoms with E-state index in [4.69, 9.17) is 13.7 Å². The molecule has 1 aromatic rings. The van der Waals surface area contributed by atoms with Crippen molar-refractivity contribution in [3.63, 3.8) is 0 Å². The highest BCUT2D eigenvalue weighted by Gasteiger charge is 2.58. The van der Waals surface area contributed by atoms with Gasteiger partial charge in [0.05, 0.1) is 18.1 Å². The highest BCUT2D eigenvalue weighted by molar-refractivity contribution is 7.86. The molecule has 9 heteroatoms. The Morgan fingerprint density at radius 3 is 2.41 bits per heavy atom. The molecule has 2 fully saturated rings. The molecule has 1 saturated carbocycles. The lowest BCUT2D eigenvalue weighted by Gasteiger charge is -2.39. The minimum atomic E-state index is -4.13. The van der Waals surface area contributed by atoms with Crippen molar-refractivity contribution in [1.29, 1.82) is 0 Å². The van der Waals surface area contributed by atoms with Gasteiger partial charge in [0, 0.05) is 12.8 Å². The Labute approximate surface area is 158 Å². The predicted octanol–water partition coefficient (Wildman–Crippen LogP) is 1.29. The van der Waals surface area contributed by atoms with Crippen molar-refractivity contribution < 1.29 is 36.7 Å². The molecule has 0 unspecified atom stereocenters. The van der Waals surface area contributed by atoms with Crippen LogP contribution in [0, 0.1) is 6.92 Å². The summed E-state index contributed by atoms with van der Waals surface area (Å²) < 4.78 is 47.0. The highest BCUT2D eigenvalue weighted by Crippen LogP contribution is 2.43. The molecular formula is C18H24O8S. The summed E-state index contributed by atoms with van der Waals surface area (Å²) in [5.41, 5.74) is -1.02. The smallest absolute Gasteiger partial charge is 0.338 e. The van der Waals surface area contributed by atoms with E-state index in [2.05, 4.69) is 4.74 Å². The van der Waals surface area contributed by atoms with E-state index in [0.29, 0.717) is 0 Å². The van der Waals surface area contributed by atoms with Crippen molar-refractivity contribution in [2.75, 3.05) is 7.11 Å². The molecule has 27 heavy (non-hydrogen) atoms. The van der Waals surface area contributed by atoms with Crippen molar-refractivity contribution >= 4 is 16.1 Å². The quantitative estimate of drug-likeness (QED) is 0.595. The third-order valence-corrected chi connectivity index (χ3v) is 6.14. The lowest BCUT2D eigenvalue weighted by atomic mass is 9.80. The van der Waals surface area contributed by atoms with Crippen LogP contribution in [-0.2, 0) is 33.3 Å². The second-order valence-corrected chi connectivity index (χ2v) is 9.04. The number of hydrogen-bond donors (Lipinski definition) is 1. The van der Waals surface area contributed by atoms with Gasteiger partial charge in [0.15, 0.2) is 11.4 Å². The van der Waals surface area contributed by atoms with E-state index in [1.54, 1.807) is 26.0 Å². The Hall–Kier alpha value is -1.52. The van der Waals surface area contributed by atoms with Gasteiger partial charge in [-0.25, -0.2) is 4.79 Å². The first-order chi connectivity index (χ1) is 12.5. The van der Waals surface area contributed by atoms with Crippen LogP contribution in [0.3, 0.4) is 0 Å². The number of fused-ring (bicyclic) bond motifs is 1. The van der Waals surface area contributed by atoms with E-state index in [1.807, 2.05) is 6.92 Å². The van der Waals surface area contributed by atoms with Gasteiger partial charge in [0.25, 0.3) is 10.1 Å². The molecule has 1 aliphatic carbocycles. The standard InChI is InChI=1S/C18H24O8S/c1-11-5-7-12(8-6-11)27(21,22)26-14-10-18(20,16(19)23-4)9-13-15(14)25-17(2,3)24-13/h5-8,13-15,20H,9-10H2,1-4H3/t13-,14-,15-,18+/m1/s1. The summed E-state index contributed by atoms with van der Waals surface area (Å²) in [7, 11) is -2.98. The summed E-state index contributed by atoms with van der Waals surface area (Å²) in [6, 6.07) is 6.19. The Bertz CT molecular complexity index is 816. The highest BCUT2D eigenvalue weighted by atomic mass is 32.2. The van der Waals surface area contributed by atoms with Gasteiger partial charge in [0.1, 0.15) is 12.2 Å². The van der Waals surface area contributed by atoms with Crippen molar-refractivity contribution in [3.8, 4) is 0 Å². The fourth-order valence-electron chi connectivity index (χ4n) is 3.57. The summed E-state index contributed by atoms with van der Waals surface area (Å²) >= 11 is 0. The molecule has 0 amide bonds. The fraction of sp³-hybridized carbons (Fsp3) is 0.611. The van der Waals surface area contributed by atoms with Crippen LogP contribution in [0.5, 0.6) is 0 Å². The van der Waals surface area contributed by atoms with E-state index in [-0.39, 0.29) is 17.7 Å². The number of rotatable bonds is 4. The molecule has 0 radical (unpaired) electrons. The largest absolute Gasteiger partial charge is 0.467 e. The molecule has 4 atom stereocenters. The van der Waals surface area contributed by atoms with E-state index in [9.17, 15) is 18.3 Å². The van der Waals surface area contributed by atoms with Crippen LogP contribution in [0.25, 0.3) is 0 Å². The minimum absolute atomic E-state index is 0.0185. The summed E-state index contributed by atoms with van der Waals surface area (Å²) in [5.74, 6) is -1.86. The molecule has 150 valence electrons. The van der Waals surface area contributed by atoms with Crippen LogP contribution >= 0.6 is 0 Å². The second-order valence-electron chi connectivity index (χ2n) is 7.47. The SMILES string of the molecule is COC(=O)[C@]1(O)C[C@H]2OC(C)(C)O[C@H]2[C@H](OS(=O)(=O)c2ccc(C)cc2)C1. The van der Waals surface area contributed by atoms with Gasteiger partial charge in [-0.05, 0) is 32.9 Å². The van der Waals surface area contributed by atoms with Gasteiger partial charge >= 0.3 is 5.97 Å². The third kappa shape index (κ3) is 4.02. The molecule has 1 saturated heterocycles. The Kier molecular flexibility index (Phi) is 5.11. The fourth-order valence-corrected chi connectivity index (χ4v) is 4.65. The molecule has 0 spiro atoms. The molecule has 1 aliphatic heterocycles. The van der Waals surface area contributed by atoms with Crippen molar-refractivity contribution in [2.45, 2.75) is 68.2 Å². The van der Waals surface area contributed by atoms with Gasteiger partial charge in [-0.15, -0.1) is 0 Å². The number of aryl methyl sites for hydroxylation is 1. The number of carbonyl (C=O) groups is 1. The van der Waals surface area contributed by atoms with Crippen molar-refractivity contribution in [1.82, 2.24) is 0 Å². The third-order valence-electron chi connectivity index (χ3n) is 4.79. The number of hydrogen-bond acceptors (Lipinski definition) is 8. The van der Waals surface area contributed by atoms with Gasteiger partial charge in [-0.3, -0.25) is 4.18 Å². The molecule has 1 heterocycles. The monoisotopic (exact) mass is 400 g/mol. The Morgan fingerprint density at radius 2 is 1.81 bits per heavy atom. The first-order valence-electron chi connectivity index (χ1n) is 8.62. The van der Waals surface area contributed by atoms with E-state index in [0.717, 1.165) is 12.7 Å². The number of aliphatic hydroxyl groups is 1. The van der Waals surface area contributed by atoms with Gasteiger partial charge in [0.2, 0.25) is 0 Å². The van der Waals surface area contributed by atoms with Gasteiger partial charge < -0.3 is 19.3 Å². The zero-order valence-corrected chi connectivity index (χ0v) is 16.5. The molecule has 1 aromatic carbocycles. The maximum atomic E-state index is 12.7. The average Bonchev–Trinajstić information content (AvgIpc) is 2.88. The van der Waals surface area contributed by atoms with Crippen LogP contribution < -0.4 is 0 Å². The van der Waals surface area contributed by atoms with Crippen molar-refractivity contribution in [2.24, 2.45) is 0 Å². The summed E-state index contributed by atoms with van der Waals surface area (Å²) in [5, 5.41) is 10.7. The van der Waals surface area contributed by atoms with E-state index >= 15 is 0 Å². The van der Waals surface area contributed by atoms with Gasteiger partial charge in [-0.1, -0.05) is 17.7 Å². The topological polar surface area (TPSA) is 108 Å². The van der Waals surface area contributed by atoms with Crippen LogP contribution in [-0.4, -0.2) is 56.3 Å². The molecular weight excluding hydrogens is 376 g/mol. The van der Waals surface area contributed by atoms with E-state index < -0.39 is 45.8 Å². The first kappa shape index (κ1) is 20.2. The summed E-state index contributed by atoms with van der Waals surface area (Å²) in [4.78, 5) is 12.1. The molecule has 1 N–H and O–H groups in total.